The van der Waals surface area contributed by atoms with Gasteiger partial charge in [0.15, 0.2) is 5.78 Å². The summed E-state index contributed by atoms with van der Waals surface area (Å²) >= 11 is 0. The Morgan fingerprint density at radius 1 is 0.778 bits per heavy atom. The monoisotopic (exact) mass is 363 g/mol. The second kappa shape index (κ2) is 8.76. The smallest absolute Gasteiger partial charge is 0.224 e. The van der Waals surface area contributed by atoms with Gasteiger partial charge in [0.25, 0.3) is 0 Å². The maximum atomic E-state index is 12.9. The average molecular weight is 363 g/mol. The molecule has 0 aliphatic rings. The van der Waals surface area contributed by atoms with Crippen LogP contribution in [0.5, 0.6) is 11.5 Å². The number of hydrogen-bond acceptors (Lipinski definition) is 3. The molecule has 0 bridgehead atoms. The van der Waals surface area contributed by atoms with Crippen molar-refractivity contribution in [1.29, 1.82) is 0 Å². The highest BCUT2D eigenvalue weighted by Crippen LogP contribution is 2.22. The molecule has 0 aliphatic heterocycles. The molecule has 0 unspecified atom stereocenters. The quantitative estimate of drug-likeness (QED) is 0.586. The van der Waals surface area contributed by atoms with Crippen molar-refractivity contribution in [3.8, 4) is 11.5 Å². The summed E-state index contributed by atoms with van der Waals surface area (Å²) < 4.78 is 18.6. The molecule has 3 rings (SSSR count). The summed E-state index contributed by atoms with van der Waals surface area (Å²) in [5.74, 6) is 0.530. The highest BCUT2D eigenvalue weighted by atomic mass is 19.1. The molecule has 3 aromatic carbocycles. The number of carbonyl (C=O) groups excluding carboxylic acids is 2. The topological polar surface area (TPSA) is 55.4 Å². The second-order valence-corrected chi connectivity index (χ2v) is 5.92. The Kier molecular flexibility index (Phi) is 5.94. The number of ketones is 1. The molecule has 0 saturated heterocycles. The first-order valence-electron chi connectivity index (χ1n) is 8.52. The van der Waals surface area contributed by atoms with Crippen molar-refractivity contribution < 1.29 is 18.7 Å². The average Bonchev–Trinajstić information content (AvgIpc) is 2.69. The van der Waals surface area contributed by atoms with E-state index in [4.69, 9.17) is 4.74 Å². The van der Waals surface area contributed by atoms with Crippen LogP contribution in [0.2, 0.25) is 0 Å². The van der Waals surface area contributed by atoms with Gasteiger partial charge in [-0.2, -0.15) is 0 Å². The summed E-state index contributed by atoms with van der Waals surface area (Å²) in [6.45, 7) is 0. The second-order valence-electron chi connectivity index (χ2n) is 5.92. The fourth-order valence-corrected chi connectivity index (χ4v) is 2.46. The molecule has 3 aromatic rings. The predicted octanol–water partition coefficient (Wildman–Crippen LogP) is 5.22. The summed E-state index contributed by atoms with van der Waals surface area (Å²) in [4.78, 5) is 24.0. The summed E-state index contributed by atoms with van der Waals surface area (Å²) in [5, 5.41) is 2.74. The Morgan fingerprint density at radius 3 is 2.07 bits per heavy atom. The lowest BCUT2D eigenvalue weighted by atomic mass is 10.1. The van der Waals surface area contributed by atoms with Crippen LogP contribution >= 0.6 is 0 Å². The van der Waals surface area contributed by atoms with Crippen molar-refractivity contribution in [3.05, 3.63) is 90.2 Å². The molecule has 4 nitrogen and oxygen atoms in total. The molecule has 0 aliphatic carbocycles. The van der Waals surface area contributed by atoms with E-state index in [1.807, 2.05) is 30.3 Å². The van der Waals surface area contributed by atoms with E-state index in [2.05, 4.69) is 5.32 Å². The normalized spacial score (nSPS) is 10.3. The van der Waals surface area contributed by atoms with E-state index in [1.165, 1.54) is 24.3 Å². The van der Waals surface area contributed by atoms with Gasteiger partial charge in [-0.25, -0.2) is 4.39 Å². The molecular weight excluding hydrogens is 345 g/mol. The Bertz CT molecular complexity index is 907. The Balaban J connectivity index is 1.49. The Labute approximate surface area is 156 Å². The van der Waals surface area contributed by atoms with Gasteiger partial charge in [-0.1, -0.05) is 18.2 Å². The minimum atomic E-state index is -0.399. The van der Waals surface area contributed by atoms with Crippen LogP contribution < -0.4 is 10.1 Å². The van der Waals surface area contributed by atoms with E-state index in [0.29, 0.717) is 17.0 Å². The molecule has 0 aromatic heterocycles. The first-order chi connectivity index (χ1) is 13.1. The minimum Gasteiger partial charge on any atom is -0.457 e. The zero-order valence-electron chi connectivity index (χ0n) is 14.5. The molecule has 136 valence electrons. The van der Waals surface area contributed by atoms with Crippen LogP contribution in [0.25, 0.3) is 0 Å². The standard InChI is InChI=1S/C22H18FNO3/c23-17-8-6-16(7-9-17)21(25)14-15-22(26)24-18-10-12-20(13-11-18)27-19-4-2-1-3-5-19/h1-13H,14-15H2,(H,24,26). The molecule has 0 saturated carbocycles. The lowest BCUT2D eigenvalue weighted by Gasteiger charge is -2.08. The van der Waals surface area contributed by atoms with Crippen molar-refractivity contribution in [2.24, 2.45) is 0 Å². The maximum absolute atomic E-state index is 12.9. The predicted molar refractivity (Wildman–Crippen MR) is 102 cm³/mol. The first kappa shape index (κ1) is 18.3. The zero-order chi connectivity index (χ0) is 19.1. The molecule has 5 heteroatoms. The van der Waals surface area contributed by atoms with Crippen LogP contribution in [0.3, 0.4) is 0 Å². The van der Waals surface area contributed by atoms with Crippen LogP contribution in [-0.4, -0.2) is 11.7 Å². The molecule has 1 amide bonds. The fraction of sp³-hybridized carbons (Fsp3) is 0.0909. The van der Waals surface area contributed by atoms with Crippen LogP contribution in [0.1, 0.15) is 23.2 Å². The number of hydrogen-bond donors (Lipinski definition) is 1. The SMILES string of the molecule is O=C(CCC(=O)c1ccc(F)cc1)Nc1ccc(Oc2ccccc2)cc1. The molecule has 0 fully saturated rings. The van der Waals surface area contributed by atoms with E-state index < -0.39 is 5.82 Å². The fourth-order valence-electron chi connectivity index (χ4n) is 2.46. The van der Waals surface area contributed by atoms with Crippen LogP contribution in [0, 0.1) is 5.82 Å². The number of halogens is 1. The molecule has 0 radical (unpaired) electrons. The summed E-state index contributed by atoms with van der Waals surface area (Å²) in [6, 6.07) is 21.7. The number of nitrogens with one attached hydrogen (secondary N) is 1. The number of benzene rings is 3. The lowest BCUT2D eigenvalue weighted by molar-refractivity contribution is -0.116. The molecule has 0 atom stereocenters. The van der Waals surface area contributed by atoms with E-state index in [-0.39, 0.29) is 24.5 Å². The van der Waals surface area contributed by atoms with E-state index in [0.717, 1.165) is 5.75 Å². The third kappa shape index (κ3) is 5.51. The van der Waals surface area contributed by atoms with Gasteiger partial charge in [-0.05, 0) is 60.7 Å². The van der Waals surface area contributed by atoms with Crippen LogP contribution in [-0.2, 0) is 4.79 Å². The highest BCUT2D eigenvalue weighted by molar-refractivity contribution is 5.99. The summed E-state index contributed by atoms with van der Waals surface area (Å²) in [5.41, 5.74) is 1.02. The van der Waals surface area contributed by atoms with Crippen molar-refractivity contribution in [3.63, 3.8) is 0 Å². The highest BCUT2D eigenvalue weighted by Gasteiger charge is 2.10. The minimum absolute atomic E-state index is 0.0540. The lowest BCUT2D eigenvalue weighted by Crippen LogP contribution is -2.13. The van der Waals surface area contributed by atoms with Gasteiger partial charge in [-0.3, -0.25) is 9.59 Å². The molecule has 1 N–H and O–H groups in total. The summed E-state index contributed by atoms with van der Waals surface area (Å²) in [6.07, 6.45) is 0.116. The Morgan fingerprint density at radius 2 is 1.41 bits per heavy atom. The van der Waals surface area contributed by atoms with Gasteiger partial charge in [-0.15, -0.1) is 0 Å². The van der Waals surface area contributed by atoms with Crippen LogP contribution in [0.15, 0.2) is 78.9 Å². The number of carbonyl (C=O) groups is 2. The number of ether oxygens (including phenoxy) is 1. The van der Waals surface area contributed by atoms with E-state index in [9.17, 15) is 14.0 Å². The van der Waals surface area contributed by atoms with E-state index in [1.54, 1.807) is 24.3 Å². The van der Waals surface area contributed by atoms with Gasteiger partial charge in [0.1, 0.15) is 17.3 Å². The van der Waals surface area contributed by atoms with Crippen LogP contribution in [0.4, 0.5) is 10.1 Å². The number of anilines is 1. The maximum Gasteiger partial charge on any atom is 0.224 e. The molecule has 0 heterocycles. The van der Waals surface area contributed by atoms with Crippen molar-refractivity contribution >= 4 is 17.4 Å². The summed E-state index contributed by atoms with van der Waals surface area (Å²) in [7, 11) is 0. The molecule has 27 heavy (non-hydrogen) atoms. The zero-order valence-corrected chi connectivity index (χ0v) is 14.5. The van der Waals surface area contributed by atoms with Gasteiger partial charge in [0.2, 0.25) is 5.91 Å². The number of rotatable bonds is 7. The first-order valence-corrected chi connectivity index (χ1v) is 8.52. The van der Waals surface area contributed by atoms with Crippen molar-refractivity contribution in [2.75, 3.05) is 5.32 Å². The Hall–Kier alpha value is -3.47. The molecule has 0 spiro atoms. The van der Waals surface area contributed by atoms with Gasteiger partial charge in [0.05, 0.1) is 0 Å². The van der Waals surface area contributed by atoms with Gasteiger partial charge >= 0.3 is 0 Å². The van der Waals surface area contributed by atoms with E-state index >= 15 is 0 Å². The number of para-hydroxylation sites is 1. The largest absolute Gasteiger partial charge is 0.457 e. The number of Topliss-reactive ketones (excluding diaryl/α,β-unsaturated/α-hetero) is 1. The molecular formula is C22H18FNO3. The third-order valence-electron chi connectivity index (χ3n) is 3.86. The van der Waals surface area contributed by atoms with Crippen molar-refractivity contribution in [1.82, 2.24) is 0 Å². The third-order valence-corrected chi connectivity index (χ3v) is 3.86. The van der Waals surface area contributed by atoms with Gasteiger partial charge < -0.3 is 10.1 Å². The van der Waals surface area contributed by atoms with Gasteiger partial charge in [0, 0.05) is 24.1 Å². The number of amides is 1. The van der Waals surface area contributed by atoms with Crippen molar-refractivity contribution in [2.45, 2.75) is 12.8 Å².